The topological polar surface area (TPSA) is 58.7 Å². The zero-order valence-corrected chi connectivity index (χ0v) is 17.7. The van der Waals surface area contributed by atoms with Crippen molar-refractivity contribution in [3.05, 3.63) is 78.4 Å². The summed E-state index contributed by atoms with van der Waals surface area (Å²) in [7, 11) is 0. The maximum absolute atomic E-state index is 5.75. The summed E-state index contributed by atoms with van der Waals surface area (Å²) in [4.78, 5) is 0. The predicted molar refractivity (Wildman–Crippen MR) is 122 cm³/mol. The Labute approximate surface area is 178 Å². The molecule has 154 valence electrons. The molecule has 0 aliphatic heterocycles. The Morgan fingerprint density at radius 1 is 0.567 bits per heavy atom. The number of nitrogens with zero attached hydrogens (tertiary/aromatic N) is 4. The van der Waals surface area contributed by atoms with E-state index in [-0.39, 0.29) is 0 Å². The smallest absolute Gasteiger partial charge is 0.119 e. The largest absolute Gasteiger partial charge is 0.494 e. The Balaban J connectivity index is 1.50. The van der Waals surface area contributed by atoms with Crippen molar-refractivity contribution in [2.75, 3.05) is 6.61 Å². The molecule has 0 saturated heterocycles. The van der Waals surface area contributed by atoms with Gasteiger partial charge < -0.3 is 4.74 Å². The van der Waals surface area contributed by atoms with Crippen molar-refractivity contribution < 1.29 is 4.74 Å². The lowest BCUT2D eigenvalue weighted by molar-refractivity contribution is 0.305. The number of benzene rings is 3. The van der Waals surface area contributed by atoms with E-state index in [1.165, 1.54) is 24.8 Å². The van der Waals surface area contributed by atoms with Crippen LogP contribution in [0.2, 0.25) is 0 Å². The first-order valence-corrected chi connectivity index (χ1v) is 10.5. The molecule has 5 heteroatoms. The standard InChI is InChI=1S/C25H28N4O/c1-3-4-5-6-19-30-25-17-15-24(16-18-25)29-28-23-13-11-22(12-14-23)27-26-21-9-7-20(2)8-10-21/h7-18H,3-6,19H2,1-2H3. The van der Waals surface area contributed by atoms with Crippen LogP contribution >= 0.6 is 0 Å². The summed E-state index contributed by atoms with van der Waals surface area (Å²) in [5, 5.41) is 17.1. The average molecular weight is 401 g/mol. The van der Waals surface area contributed by atoms with Crippen LogP contribution in [0.5, 0.6) is 5.75 Å². The molecule has 0 radical (unpaired) electrons. The summed E-state index contributed by atoms with van der Waals surface area (Å²) in [5.41, 5.74) is 4.36. The van der Waals surface area contributed by atoms with Gasteiger partial charge in [-0.1, -0.05) is 43.9 Å². The molecule has 0 spiro atoms. The van der Waals surface area contributed by atoms with Crippen molar-refractivity contribution in [2.24, 2.45) is 20.5 Å². The first-order chi connectivity index (χ1) is 14.7. The molecule has 0 aliphatic carbocycles. The van der Waals surface area contributed by atoms with Gasteiger partial charge in [0.25, 0.3) is 0 Å². The number of azo groups is 2. The number of ether oxygens (including phenoxy) is 1. The molecule has 5 nitrogen and oxygen atoms in total. The van der Waals surface area contributed by atoms with Crippen molar-refractivity contribution in [3.63, 3.8) is 0 Å². The van der Waals surface area contributed by atoms with Gasteiger partial charge in [-0.15, -0.1) is 0 Å². The summed E-state index contributed by atoms with van der Waals surface area (Å²) < 4.78 is 5.75. The zero-order valence-electron chi connectivity index (χ0n) is 17.7. The molecular weight excluding hydrogens is 372 g/mol. The molecule has 0 unspecified atom stereocenters. The first-order valence-electron chi connectivity index (χ1n) is 10.5. The van der Waals surface area contributed by atoms with Crippen LogP contribution in [0.3, 0.4) is 0 Å². The monoisotopic (exact) mass is 400 g/mol. The second-order valence-electron chi connectivity index (χ2n) is 7.15. The van der Waals surface area contributed by atoms with Crippen LogP contribution < -0.4 is 4.74 Å². The fraction of sp³-hybridized carbons (Fsp3) is 0.280. The molecular formula is C25H28N4O. The fourth-order valence-electron chi connectivity index (χ4n) is 2.76. The highest BCUT2D eigenvalue weighted by molar-refractivity contribution is 5.48. The number of aryl methyl sites for hydroxylation is 1. The molecule has 30 heavy (non-hydrogen) atoms. The van der Waals surface area contributed by atoms with E-state index >= 15 is 0 Å². The van der Waals surface area contributed by atoms with Crippen LogP contribution in [0, 0.1) is 6.92 Å². The maximum Gasteiger partial charge on any atom is 0.119 e. The Bertz CT molecular complexity index is 946. The van der Waals surface area contributed by atoms with E-state index in [1.807, 2.05) is 79.7 Å². The van der Waals surface area contributed by atoms with Crippen LogP contribution in [-0.4, -0.2) is 6.61 Å². The van der Waals surface area contributed by atoms with Crippen LogP contribution in [0.25, 0.3) is 0 Å². The minimum atomic E-state index is 0.758. The van der Waals surface area contributed by atoms with E-state index < -0.39 is 0 Å². The van der Waals surface area contributed by atoms with Gasteiger partial charge in [0.1, 0.15) is 5.75 Å². The second kappa shape index (κ2) is 11.6. The molecule has 0 aromatic heterocycles. The summed E-state index contributed by atoms with van der Waals surface area (Å²) >= 11 is 0. The van der Waals surface area contributed by atoms with Gasteiger partial charge in [0.2, 0.25) is 0 Å². The first kappa shape index (κ1) is 21.4. The number of rotatable bonds is 10. The highest BCUT2D eigenvalue weighted by Crippen LogP contribution is 2.24. The molecule has 3 rings (SSSR count). The van der Waals surface area contributed by atoms with Crippen molar-refractivity contribution in [3.8, 4) is 5.75 Å². The quantitative estimate of drug-likeness (QED) is 0.248. The minimum absolute atomic E-state index is 0.758. The van der Waals surface area contributed by atoms with Gasteiger partial charge in [-0.2, -0.15) is 20.5 Å². The molecule has 3 aromatic rings. The SMILES string of the molecule is CCCCCCOc1ccc(N=Nc2ccc(N=Nc3ccc(C)cc3)cc2)cc1. The third-order valence-electron chi connectivity index (χ3n) is 4.55. The number of hydrogen-bond acceptors (Lipinski definition) is 5. The highest BCUT2D eigenvalue weighted by Gasteiger charge is 1.97. The van der Waals surface area contributed by atoms with Gasteiger partial charge in [0.05, 0.1) is 29.4 Å². The number of hydrogen-bond donors (Lipinski definition) is 0. The third kappa shape index (κ3) is 7.24. The summed E-state index contributed by atoms with van der Waals surface area (Å²) in [5.74, 6) is 0.869. The average Bonchev–Trinajstić information content (AvgIpc) is 2.79. The highest BCUT2D eigenvalue weighted by atomic mass is 16.5. The van der Waals surface area contributed by atoms with Gasteiger partial charge >= 0.3 is 0 Å². The maximum atomic E-state index is 5.75. The second-order valence-corrected chi connectivity index (χ2v) is 7.15. The molecule has 0 N–H and O–H groups in total. The van der Waals surface area contributed by atoms with E-state index in [1.54, 1.807) is 0 Å². The molecule has 0 atom stereocenters. The minimum Gasteiger partial charge on any atom is -0.494 e. The lowest BCUT2D eigenvalue weighted by atomic mass is 10.2. The third-order valence-corrected chi connectivity index (χ3v) is 4.55. The molecule has 3 aromatic carbocycles. The van der Waals surface area contributed by atoms with Crippen molar-refractivity contribution >= 4 is 22.7 Å². The van der Waals surface area contributed by atoms with Gasteiger partial charge in [-0.25, -0.2) is 0 Å². The van der Waals surface area contributed by atoms with Crippen LogP contribution in [0.4, 0.5) is 22.7 Å². The predicted octanol–water partition coefficient (Wildman–Crippen LogP) is 8.78. The Hall–Kier alpha value is -3.34. The van der Waals surface area contributed by atoms with Gasteiger partial charge in [0.15, 0.2) is 0 Å². The molecule has 0 saturated carbocycles. The van der Waals surface area contributed by atoms with E-state index in [9.17, 15) is 0 Å². The zero-order chi connectivity index (χ0) is 21.0. The van der Waals surface area contributed by atoms with Crippen LogP contribution in [0.15, 0.2) is 93.3 Å². The normalized spacial score (nSPS) is 11.4. The van der Waals surface area contributed by atoms with Gasteiger partial charge in [-0.3, -0.25) is 0 Å². The fourth-order valence-corrected chi connectivity index (χ4v) is 2.76. The van der Waals surface area contributed by atoms with Gasteiger partial charge in [-0.05, 0) is 74.0 Å². The van der Waals surface area contributed by atoms with Crippen molar-refractivity contribution in [1.82, 2.24) is 0 Å². The van der Waals surface area contributed by atoms with Crippen molar-refractivity contribution in [1.29, 1.82) is 0 Å². The van der Waals surface area contributed by atoms with E-state index in [4.69, 9.17) is 4.74 Å². The van der Waals surface area contributed by atoms with Gasteiger partial charge in [0, 0.05) is 0 Å². The summed E-state index contributed by atoms with van der Waals surface area (Å²) in [6, 6.07) is 23.1. The Morgan fingerprint density at radius 3 is 1.47 bits per heavy atom. The molecule has 0 fully saturated rings. The molecule has 0 amide bonds. The van der Waals surface area contributed by atoms with Crippen molar-refractivity contribution in [2.45, 2.75) is 39.5 Å². The Kier molecular flexibility index (Phi) is 8.27. The Morgan fingerprint density at radius 2 is 1.00 bits per heavy atom. The van der Waals surface area contributed by atoms with E-state index in [0.29, 0.717) is 0 Å². The van der Waals surface area contributed by atoms with Crippen LogP contribution in [0.1, 0.15) is 38.2 Å². The van der Waals surface area contributed by atoms with E-state index in [0.717, 1.165) is 41.5 Å². The molecule has 0 aliphatic rings. The lowest BCUT2D eigenvalue weighted by Crippen LogP contribution is -1.96. The number of unbranched alkanes of at least 4 members (excludes halogenated alkanes) is 3. The summed E-state index contributed by atoms with van der Waals surface area (Å²) in [6.45, 7) is 5.01. The van der Waals surface area contributed by atoms with E-state index in [2.05, 4.69) is 27.4 Å². The molecule has 0 bridgehead atoms. The lowest BCUT2D eigenvalue weighted by Gasteiger charge is -2.05. The molecule has 0 heterocycles. The summed E-state index contributed by atoms with van der Waals surface area (Å²) in [6.07, 6.45) is 4.81. The van der Waals surface area contributed by atoms with Crippen LogP contribution in [-0.2, 0) is 0 Å².